The van der Waals surface area contributed by atoms with Gasteiger partial charge in [-0.25, -0.2) is 0 Å². The van der Waals surface area contributed by atoms with Crippen molar-refractivity contribution >= 4 is 11.8 Å². The van der Waals surface area contributed by atoms with E-state index in [0.717, 1.165) is 16.7 Å². The molecule has 1 aromatic heterocycles. The Hall–Kier alpha value is -0.550. The highest BCUT2D eigenvalue weighted by molar-refractivity contribution is 7.99. The molecule has 0 radical (unpaired) electrons. The minimum Gasteiger partial charge on any atom is -0.324 e. The molecule has 1 heterocycles. The van der Waals surface area contributed by atoms with E-state index in [1.165, 1.54) is 51.4 Å². The Labute approximate surface area is 134 Å². The van der Waals surface area contributed by atoms with Gasteiger partial charge in [0.15, 0.2) is 5.16 Å². The van der Waals surface area contributed by atoms with Gasteiger partial charge in [0, 0.05) is 11.8 Å². The summed E-state index contributed by atoms with van der Waals surface area (Å²) in [6, 6.07) is 0.375. The van der Waals surface area contributed by atoms with Crippen LogP contribution < -0.4 is 5.73 Å². The second-order valence-corrected chi connectivity index (χ2v) is 6.95. The Morgan fingerprint density at radius 3 is 2.19 bits per heavy atom. The van der Waals surface area contributed by atoms with E-state index in [2.05, 4.69) is 35.5 Å². The van der Waals surface area contributed by atoms with Gasteiger partial charge in [-0.1, -0.05) is 63.6 Å². The van der Waals surface area contributed by atoms with Gasteiger partial charge in [0.25, 0.3) is 0 Å². The molecule has 0 bridgehead atoms. The highest BCUT2D eigenvalue weighted by atomic mass is 32.2. The smallest absolute Gasteiger partial charge is 0.191 e. The number of nitrogens with two attached hydrogens (primary N) is 1. The minimum atomic E-state index is 0.375. The SMILES string of the molecule is CCCCCCCCCCSc1nnc(CN)n1C(C)C. The van der Waals surface area contributed by atoms with Crippen molar-refractivity contribution < 1.29 is 0 Å². The van der Waals surface area contributed by atoms with Crippen LogP contribution in [0, 0.1) is 0 Å². The number of rotatable bonds is 12. The summed E-state index contributed by atoms with van der Waals surface area (Å²) in [5.74, 6) is 2.02. The van der Waals surface area contributed by atoms with E-state index in [1.807, 2.05) is 11.8 Å². The third-order valence-corrected chi connectivity index (χ3v) is 4.69. The lowest BCUT2D eigenvalue weighted by Gasteiger charge is -2.12. The first kappa shape index (κ1) is 18.5. The largest absolute Gasteiger partial charge is 0.324 e. The van der Waals surface area contributed by atoms with Crippen molar-refractivity contribution in [2.75, 3.05) is 5.75 Å². The van der Waals surface area contributed by atoms with E-state index in [9.17, 15) is 0 Å². The van der Waals surface area contributed by atoms with E-state index in [0.29, 0.717) is 12.6 Å². The molecular formula is C16H32N4S. The molecule has 21 heavy (non-hydrogen) atoms. The first-order chi connectivity index (χ1) is 10.2. The molecule has 1 aromatic rings. The van der Waals surface area contributed by atoms with Gasteiger partial charge in [-0.15, -0.1) is 10.2 Å². The van der Waals surface area contributed by atoms with Gasteiger partial charge in [0.1, 0.15) is 5.82 Å². The van der Waals surface area contributed by atoms with Crippen molar-refractivity contribution in [1.82, 2.24) is 14.8 Å². The van der Waals surface area contributed by atoms with Crippen molar-refractivity contribution in [2.24, 2.45) is 5.73 Å². The lowest BCUT2D eigenvalue weighted by molar-refractivity contribution is 0.526. The van der Waals surface area contributed by atoms with Crippen molar-refractivity contribution in [2.45, 2.75) is 89.9 Å². The third-order valence-electron chi connectivity index (χ3n) is 3.66. The van der Waals surface area contributed by atoms with Gasteiger partial charge in [-0.2, -0.15) is 0 Å². The predicted octanol–water partition coefficient (Wildman–Crippen LogP) is 4.55. The molecule has 0 aromatic carbocycles. The van der Waals surface area contributed by atoms with Gasteiger partial charge in [0.05, 0.1) is 6.54 Å². The molecule has 0 aliphatic rings. The summed E-state index contributed by atoms with van der Waals surface area (Å²) in [5.41, 5.74) is 5.71. The number of hydrogen-bond acceptors (Lipinski definition) is 4. The molecule has 0 aliphatic heterocycles. The molecule has 0 saturated heterocycles. The highest BCUT2D eigenvalue weighted by Crippen LogP contribution is 2.22. The topological polar surface area (TPSA) is 56.7 Å². The van der Waals surface area contributed by atoms with Crippen molar-refractivity contribution in [3.63, 3.8) is 0 Å². The summed E-state index contributed by atoms with van der Waals surface area (Å²) in [4.78, 5) is 0. The zero-order valence-electron chi connectivity index (χ0n) is 14.0. The number of hydrogen-bond donors (Lipinski definition) is 1. The summed E-state index contributed by atoms with van der Waals surface area (Å²) in [6.07, 6.45) is 10.9. The Morgan fingerprint density at radius 2 is 1.62 bits per heavy atom. The molecular weight excluding hydrogens is 280 g/mol. The predicted molar refractivity (Wildman–Crippen MR) is 91.6 cm³/mol. The fraction of sp³-hybridized carbons (Fsp3) is 0.875. The Balaban J connectivity index is 2.17. The van der Waals surface area contributed by atoms with E-state index < -0.39 is 0 Å². The van der Waals surface area contributed by atoms with Crippen LogP contribution in [0.5, 0.6) is 0 Å². The minimum absolute atomic E-state index is 0.375. The molecule has 4 nitrogen and oxygen atoms in total. The van der Waals surface area contributed by atoms with E-state index in [4.69, 9.17) is 5.73 Å². The lowest BCUT2D eigenvalue weighted by Crippen LogP contribution is -2.11. The summed E-state index contributed by atoms with van der Waals surface area (Å²) < 4.78 is 2.16. The number of thioether (sulfide) groups is 1. The van der Waals surface area contributed by atoms with Crippen LogP contribution in [-0.4, -0.2) is 20.5 Å². The molecule has 0 atom stereocenters. The number of aromatic nitrogens is 3. The number of nitrogens with zero attached hydrogens (tertiary/aromatic N) is 3. The maximum Gasteiger partial charge on any atom is 0.191 e. The van der Waals surface area contributed by atoms with Crippen LogP contribution >= 0.6 is 11.8 Å². The van der Waals surface area contributed by atoms with Crippen LogP contribution in [0.2, 0.25) is 0 Å². The monoisotopic (exact) mass is 312 g/mol. The average Bonchev–Trinajstić information content (AvgIpc) is 2.88. The quantitative estimate of drug-likeness (QED) is 0.454. The van der Waals surface area contributed by atoms with Crippen LogP contribution in [0.25, 0.3) is 0 Å². The second kappa shape index (κ2) is 11.1. The molecule has 0 spiro atoms. The fourth-order valence-electron chi connectivity index (χ4n) is 2.46. The normalized spacial score (nSPS) is 11.5. The van der Waals surface area contributed by atoms with Crippen molar-refractivity contribution in [3.8, 4) is 0 Å². The fourth-order valence-corrected chi connectivity index (χ4v) is 3.55. The highest BCUT2D eigenvalue weighted by Gasteiger charge is 2.13. The maximum absolute atomic E-state index is 5.71. The lowest BCUT2D eigenvalue weighted by atomic mass is 10.1. The van der Waals surface area contributed by atoms with E-state index in [1.54, 1.807) is 0 Å². The van der Waals surface area contributed by atoms with Crippen LogP contribution in [0.3, 0.4) is 0 Å². The van der Waals surface area contributed by atoms with Crippen LogP contribution in [0.1, 0.15) is 84.0 Å². The standard InChI is InChI=1S/C16H32N4S/c1-4-5-6-7-8-9-10-11-12-21-16-19-18-15(13-17)20(16)14(2)3/h14H,4-13,17H2,1-3H3. The van der Waals surface area contributed by atoms with Crippen LogP contribution in [-0.2, 0) is 6.54 Å². The Bertz CT molecular complexity index is 376. The average molecular weight is 313 g/mol. The molecule has 1 rings (SSSR count). The Kier molecular flexibility index (Phi) is 9.76. The third kappa shape index (κ3) is 6.83. The van der Waals surface area contributed by atoms with Gasteiger partial charge < -0.3 is 10.3 Å². The maximum atomic E-state index is 5.71. The first-order valence-corrected chi connectivity index (χ1v) is 9.45. The van der Waals surface area contributed by atoms with Gasteiger partial charge in [0.2, 0.25) is 0 Å². The van der Waals surface area contributed by atoms with Crippen LogP contribution in [0.4, 0.5) is 0 Å². The molecule has 0 amide bonds. The molecule has 122 valence electrons. The molecule has 0 aliphatic carbocycles. The molecule has 5 heteroatoms. The first-order valence-electron chi connectivity index (χ1n) is 8.47. The van der Waals surface area contributed by atoms with Gasteiger partial charge in [-0.3, -0.25) is 0 Å². The zero-order chi connectivity index (χ0) is 15.5. The molecule has 0 unspecified atom stereocenters. The molecule has 0 saturated carbocycles. The second-order valence-electron chi connectivity index (χ2n) is 5.89. The molecule has 0 fully saturated rings. The number of unbranched alkanes of at least 4 members (excludes halogenated alkanes) is 7. The van der Waals surface area contributed by atoms with Crippen molar-refractivity contribution in [3.05, 3.63) is 5.82 Å². The summed E-state index contributed by atoms with van der Waals surface area (Å²) in [7, 11) is 0. The zero-order valence-corrected chi connectivity index (χ0v) is 14.8. The van der Waals surface area contributed by atoms with Crippen molar-refractivity contribution in [1.29, 1.82) is 0 Å². The van der Waals surface area contributed by atoms with Gasteiger partial charge >= 0.3 is 0 Å². The Morgan fingerprint density at radius 1 is 1.00 bits per heavy atom. The summed E-state index contributed by atoms with van der Waals surface area (Å²) in [6.45, 7) is 7.04. The van der Waals surface area contributed by atoms with E-state index >= 15 is 0 Å². The molecule has 2 N–H and O–H groups in total. The summed E-state index contributed by atoms with van der Waals surface area (Å²) in [5, 5.41) is 9.47. The van der Waals surface area contributed by atoms with Gasteiger partial charge in [-0.05, 0) is 20.3 Å². The van der Waals surface area contributed by atoms with Crippen LogP contribution in [0.15, 0.2) is 5.16 Å². The summed E-state index contributed by atoms with van der Waals surface area (Å²) >= 11 is 1.82. The van der Waals surface area contributed by atoms with E-state index in [-0.39, 0.29) is 0 Å².